The molecule has 0 aromatic carbocycles. The van der Waals surface area contributed by atoms with Gasteiger partial charge in [0.25, 0.3) is 0 Å². The van der Waals surface area contributed by atoms with Crippen molar-refractivity contribution in [2.45, 2.75) is 27.7 Å². The highest BCUT2D eigenvalue weighted by Crippen LogP contribution is 1.99. The number of nitrogens with one attached hydrogen (secondary N) is 2. The van der Waals surface area contributed by atoms with Crippen molar-refractivity contribution in [3.05, 3.63) is 0 Å². The summed E-state index contributed by atoms with van der Waals surface area (Å²) >= 11 is 0. The van der Waals surface area contributed by atoms with Crippen molar-refractivity contribution in [3.63, 3.8) is 0 Å². The lowest BCUT2D eigenvalue weighted by molar-refractivity contribution is 0.139. The molecule has 118 valence electrons. The highest BCUT2D eigenvalue weighted by molar-refractivity contribution is 5.79. The van der Waals surface area contributed by atoms with Gasteiger partial charge in [-0.2, -0.15) is 0 Å². The molecule has 0 unspecified atom stereocenters. The first-order valence-electron chi connectivity index (χ1n) is 8.12. The maximum absolute atomic E-state index is 4.59. The predicted octanol–water partition coefficient (Wildman–Crippen LogP) is 0.835. The molecule has 20 heavy (non-hydrogen) atoms. The summed E-state index contributed by atoms with van der Waals surface area (Å²) in [5.74, 6) is 1.56. The van der Waals surface area contributed by atoms with Crippen molar-refractivity contribution in [3.8, 4) is 0 Å². The van der Waals surface area contributed by atoms with Crippen LogP contribution in [-0.4, -0.2) is 74.7 Å². The lowest BCUT2D eigenvalue weighted by Crippen LogP contribution is -2.49. The van der Waals surface area contributed by atoms with E-state index in [1.54, 1.807) is 0 Å². The zero-order valence-electron chi connectivity index (χ0n) is 13.8. The highest BCUT2D eigenvalue weighted by Gasteiger charge is 2.14. The third-order valence-electron chi connectivity index (χ3n) is 3.59. The second-order valence-electron chi connectivity index (χ2n) is 5.82. The topological polar surface area (TPSA) is 42.9 Å². The molecule has 0 aromatic heterocycles. The van der Waals surface area contributed by atoms with Crippen LogP contribution in [0.3, 0.4) is 0 Å². The molecule has 5 nitrogen and oxygen atoms in total. The van der Waals surface area contributed by atoms with Gasteiger partial charge in [0.05, 0.1) is 0 Å². The van der Waals surface area contributed by atoms with Gasteiger partial charge in [0, 0.05) is 52.4 Å². The minimum Gasteiger partial charge on any atom is -0.357 e. The third-order valence-corrected chi connectivity index (χ3v) is 3.59. The molecule has 2 N–H and O–H groups in total. The second kappa shape index (κ2) is 10.00. The van der Waals surface area contributed by atoms with Crippen LogP contribution in [0.2, 0.25) is 0 Å². The molecular formula is C15H33N5. The van der Waals surface area contributed by atoms with Crippen molar-refractivity contribution < 1.29 is 0 Å². The van der Waals surface area contributed by atoms with E-state index in [2.05, 4.69) is 53.1 Å². The number of hydrogen-bond donors (Lipinski definition) is 2. The number of aliphatic imine (C=N–C) groups is 1. The lowest BCUT2D eigenvalue weighted by Gasteiger charge is -2.34. The van der Waals surface area contributed by atoms with Crippen molar-refractivity contribution in [1.82, 2.24) is 20.4 Å². The lowest BCUT2D eigenvalue weighted by atomic mass is 10.2. The first-order chi connectivity index (χ1) is 9.65. The van der Waals surface area contributed by atoms with E-state index in [1.165, 1.54) is 32.7 Å². The summed E-state index contributed by atoms with van der Waals surface area (Å²) in [7, 11) is 0. The molecule has 1 aliphatic rings. The summed E-state index contributed by atoms with van der Waals surface area (Å²) < 4.78 is 0. The van der Waals surface area contributed by atoms with Gasteiger partial charge in [-0.1, -0.05) is 20.8 Å². The zero-order chi connectivity index (χ0) is 14.8. The van der Waals surface area contributed by atoms with E-state index in [4.69, 9.17) is 0 Å². The van der Waals surface area contributed by atoms with E-state index in [0.717, 1.165) is 32.1 Å². The van der Waals surface area contributed by atoms with Crippen LogP contribution >= 0.6 is 0 Å². The van der Waals surface area contributed by atoms with Crippen molar-refractivity contribution in [2.75, 3.05) is 58.9 Å². The van der Waals surface area contributed by atoms with Crippen LogP contribution in [0.5, 0.6) is 0 Å². The zero-order valence-corrected chi connectivity index (χ0v) is 13.8. The maximum Gasteiger partial charge on any atom is 0.191 e. The molecule has 1 rings (SSSR count). The summed E-state index contributed by atoms with van der Waals surface area (Å²) in [6.45, 7) is 18.6. The molecule has 0 aliphatic carbocycles. The highest BCUT2D eigenvalue weighted by atomic mass is 15.3. The number of piperazine rings is 1. The Balaban J connectivity index is 2.21. The number of rotatable bonds is 7. The van der Waals surface area contributed by atoms with Crippen molar-refractivity contribution >= 4 is 5.96 Å². The molecule has 0 atom stereocenters. The van der Waals surface area contributed by atoms with Gasteiger partial charge >= 0.3 is 0 Å². The van der Waals surface area contributed by atoms with Crippen LogP contribution in [0, 0.1) is 5.92 Å². The summed E-state index contributed by atoms with van der Waals surface area (Å²) in [6.07, 6.45) is 0. The molecule has 0 saturated carbocycles. The molecule has 0 spiro atoms. The Hall–Kier alpha value is -0.810. The average Bonchev–Trinajstić information content (AvgIpc) is 2.45. The monoisotopic (exact) mass is 283 g/mol. The molecule has 0 bridgehead atoms. The van der Waals surface area contributed by atoms with Gasteiger partial charge < -0.3 is 15.5 Å². The second-order valence-corrected chi connectivity index (χ2v) is 5.82. The van der Waals surface area contributed by atoms with E-state index in [0.29, 0.717) is 5.92 Å². The number of hydrogen-bond acceptors (Lipinski definition) is 3. The maximum atomic E-state index is 4.59. The normalized spacial score (nSPS) is 18.6. The van der Waals surface area contributed by atoms with E-state index in [9.17, 15) is 0 Å². The Morgan fingerprint density at radius 1 is 1.05 bits per heavy atom. The largest absolute Gasteiger partial charge is 0.357 e. The quantitative estimate of drug-likeness (QED) is 0.537. The Morgan fingerprint density at radius 3 is 2.25 bits per heavy atom. The van der Waals surface area contributed by atoms with Gasteiger partial charge in [0.15, 0.2) is 5.96 Å². The minimum atomic E-state index is 0.604. The van der Waals surface area contributed by atoms with Crippen molar-refractivity contribution in [2.24, 2.45) is 10.9 Å². The standard InChI is InChI=1S/C15H33N5/c1-5-16-15(18-13-14(3)4)17-7-8-20-11-9-19(6-2)10-12-20/h14H,5-13H2,1-4H3,(H2,16,17,18). The van der Waals surface area contributed by atoms with Crippen molar-refractivity contribution in [1.29, 1.82) is 0 Å². The van der Waals surface area contributed by atoms with Crippen LogP contribution in [0.4, 0.5) is 0 Å². The fourth-order valence-corrected chi connectivity index (χ4v) is 2.28. The molecule has 1 heterocycles. The van der Waals surface area contributed by atoms with Gasteiger partial charge in [-0.05, 0) is 19.4 Å². The molecule has 0 amide bonds. The Labute approximate surface area is 124 Å². The predicted molar refractivity (Wildman–Crippen MR) is 87.4 cm³/mol. The van der Waals surface area contributed by atoms with Gasteiger partial charge in [0.1, 0.15) is 0 Å². The molecule has 0 radical (unpaired) electrons. The SMILES string of the molecule is CCNC(=NCC(C)C)NCCN1CCN(CC)CC1. The summed E-state index contributed by atoms with van der Waals surface area (Å²) in [6, 6.07) is 0. The van der Waals surface area contributed by atoms with Gasteiger partial charge in [-0.25, -0.2) is 0 Å². The number of nitrogens with zero attached hydrogens (tertiary/aromatic N) is 3. The average molecular weight is 283 g/mol. The van der Waals surface area contributed by atoms with E-state index in [1.807, 2.05) is 0 Å². The van der Waals surface area contributed by atoms with Crippen LogP contribution in [0.1, 0.15) is 27.7 Å². The van der Waals surface area contributed by atoms with Gasteiger partial charge in [0.2, 0.25) is 0 Å². The third kappa shape index (κ3) is 7.10. The Kier molecular flexibility index (Phi) is 8.62. The molecule has 1 fully saturated rings. The Morgan fingerprint density at radius 2 is 1.70 bits per heavy atom. The van der Waals surface area contributed by atoms with E-state index >= 15 is 0 Å². The van der Waals surface area contributed by atoms with E-state index < -0.39 is 0 Å². The summed E-state index contributed by atoms with van der Waals surface area (Å²) in [5, 5.41) is 6.74. The summed E-state index contributed by atoms with van der Waals surface area (Å²) in [4.78, 5) is 9.63. The molecule has 1 aliphatic heterocycles. The minimum absolute atomic E-state index is 0.604. The smallest absolute Gasteiger partial charge is 0.191 e. The first kappa shape index (κ1) is 17.2. The fourth-order valence-electron chi connectivity index (χ4n) is 2.28. The molecule has 5 heteroatoms. The fraction of sp³-hybridized carbons (Fsp3) is 0.933. The molecule has 0 aromatic rings. The molecular weight excluding hydrogens is 250 g/mol. The van der Waals surface area contributed by atoms with Crippen LogP contribution in [-0.2, 0) is 0 Å². The summed E-state index contributed by atoms with van der Waals surface area (Å²) in [5.41, 5.74) is 0. The van der Waals surface area contributed by atoms with E-state index in [-0.39, 0.29) is 0 Å². The van der Waals surface area contributed by atoms with Gasteiger partial charge in [-0.3, -0.25) is 9.89 Å². The van der Waals surface area contributed by atoms with Crippen LogP contribution in [0.25, 0.3) is 0 Å². The first-order valence-corrected chi connectivity index (χ1v) is 8.12. The van der Waals surface area contributed by atoms with Crippen LogP contribution in [0.15, 0.2) is 4.99 Å². The Bertz CT molecular complexity index is 269. The van der Waals surface area contributed by atoms with Gasteiger partial charge in [-0.15, -0.1) is 0 Å². The van der Waals surface area contributed by atoms with Crippen LogP contribution < -0.4 is 10.6 Å². The number of guanidine groups is 1. The number of likely N-dealkylation sites (N-methyl/N-ethyl adjacent to an activating group) is 1. The molecule has 1 saturated heterocycles.